The summed E-state index contributed by atoms with van der Waals surface area (Å²) >= 11 is 1.21. The number of piperidine rings is 1. The number of hydrogen-bond donors (Lipinski definition) is 1. The quantitative estimate of drug-likeness (QED) is 0.602. The molecule has 172 valence electrons. The number of nitrogens with zero attached hydrogens (tertiary/aromatic N) is 3. The average Bonchev–Trinajstić information content (AvgIpc) is 3.16. The number of anilines is 2. The lowest BCUT2D eigenvalue weighted by atomic mass is 9.72. The number of carbonyl (C=O) groups is 1. The number of thiazole rings is 1. The molecular formula is C23H22F2N4O2S2. The lowest BCUT2D eigenvalue weighted by Crippen LogP contribution is -2.66. The van der Waals surface area contributed by atoms with Crippen LogP contribution in [0.1, 0.15) is 18.5 Å². The fourth-order valence-electron chi connectivity index (χ4n) is 4.65. The highest BCUT2D eigenvalue weighted by Crippen LogP contribution is 2.44. The Hall–Kier alpha value is -2.69. The molecule has 2 N–H and O–H groups in total. The molecule has 1 amide bonds. The van der Waals surface area contributed by atoms with E-state index in [1.54, 1.807) is 24.0 Å². The van der Waals surface area contributed by atoms with Crippen molar-refractivity contribution in [3.63, 3.8) is 0 Å². The van der Waals surface area contributed by atoms with Crippen molar-refractivity contribution in [1.29, 1.82) is 0 Å². The predicted molar refractivity (Wildman–Crippen MR) is 125 cm³/mol. The Morgan fingerprint density at radius 3 is 2.55 bits per heavy atom. The molecule has 3 heterocycles. The van der Waals surface area contributed by atoms with Crippen molar-refractivity contribution in [3.8, 4) is 11.1 Å². The fraction of sp³-hybridized carbons (Fsp3) is 0.304. The Kier molecular flexibility index (Phi) is 5.54. The molecule has 10 heteroatoms. The molecule has 5 rings (SSSR count). The summed E-state index contributed by atoms with van der Waals surface area (Å²) in [6.45, 7) is 3.49. The van der Waals surface area contributed by atoms with Crippen molar-refractivity contribution in [2.45, 2.75) is 24.0 Å². The van der Waals surface area contributed by atoms with Crippen molar-refractivity contribution in [1.82, 2.24) is 4.98 Å². The first kappa shape index (κ1) is 22.1. The van der Waals surface area contributed by atoms with Gasteiger partial charge in [-0.1, -0.05) is 23.5 Å². The number of nitrogens with two attached hydrogens (primary N) is 1. The van der Waals surface area contributed by atoms with E-state index in [0.29, 0.717) is 40.2 Å². The Morgan fingerprint density at radius 1 is 1.15 bits per heavy atom. The van der Waals surface area contributed by atoms with E-state index < -0.39 is 28.0 Å². The molecule has 1 aromatic heterocycles. The van der Waals surface area contributed by atoms with Gasteiger partial charge in [0.15, 0.2) is 5.13 Å². The van der Waals surface area contributed by atoms with Crippen LogP contribution in [0.3, 0.4) is 0 Å². The second-order valence-corrected chi connectivity index (χ2v) is 10.8. The smallest absolute Gasteiger partial charge is 0.238 e. The van der Waals surface area contributed by atoms with Crippen LogP contribution in [-0.4, -0.2) is 34.7 Å². The van der Waals surface area contributed by atoms with Gasteiger partial charge in [0, 0.05) is 30.9 Å². The number of hydrogen-bond acceptors (Lipinski definition) is 5. The van der Waals surface area contributed by atoms with Gasteiger partial charge in [-0.25, -0.2) is 23.1 Å². The second kappa shape index (κ2) is 8.27. The number of carbonyl (C=O) groups excluding carboxylic acids is 1. The molecular weight excluding hydrogens is 466 g/mol. The zero-order chi connectivity index (χ0) is 23.3. The first-order valence-corrected chi connectivity index (χ1v) is 12.6. The zero-order valence-corrected chi connectivity index (χ0v) is 19.5. The van der Waals surface area contributed by atoms with Crippen LogP contribution in [0.2, 0.25) is 0 Å². The van der Waals surface area contributed by atoms with E-state index in [2.05, 4.69) is 9.88 Å². The third-order valence-electron chi connectivity index (χ3n) is 6.35. The van der Waals surface area contributed by atoms with Gasteiger partial charge >= 0.3 is 0 Å². The second-order valence-electron chi connectivity index (χ2n) is 8.53. The Bertz CT molecular complexity index is 1260. The SMILES string of the molecule is Cc1nc(N2CCCC3(CN(c4ccc(-c5cc(F)ccc5F)cc4)C3)C2=O)sc1S(N)=O. The highest BCUT2D eigenvalue weighted by Gasteiger charge is 2.53. The third-order valence-corrected chi connectivity index (χ3v) is 8.73. The van der Waals surface area contributed by atoms with E-state index >= 15 is 0 Å². The summed E-state index contributed by atoms with van der Waals surface area (Å²) in [7, 11) is -1.63. The minimum atomic E-state index is -1.63. The van der Waals surface area contributed by atoms with Crippen LogP contribution in [0, 0.1) is 24.0 Å². The van der Waals surface area contributed by atoms with E-state index in [0.717, 1.165) is 30.7 Å². The molecule has 2 aliphatic rings. The van der Waals surface area contributed by atoms with E-state index in [4.69, 9.17) is 5.14 Å². The first-order valence-electron chi connectivity index (χ1n) is 10.5. The number of amides is 1. The Balaban J connectivity index is 1.31. The molecule has 2 saturated heterocycles. The predicted octanol–water partition coefficient (Wildman–Crippen LogP) is 4.01. The molecule has 0 bridgehead atoms. The van der Waals surface area contributed by atoms with Crippen LogP contribution in [0.15, 0.2) is 46.7 Å². The number of aromatic nitrogens is 1. The van der Waals surface area contributed by atoms with Crippen LogP contribution in [0.4, 0.5) is 19.6 Å². The van der Waals surface area contributed by atoms with Crippen molar-refractivity contribution < 1.29 is 17.8 Å². The molecule has 1 spiro atoms. The summed E-state index contributed by atoms with van der Waals surface area (Å²) in [6, 6.07) is 10.7. The summed E-state index contributed by atoms with van der Waals surface area (Å²) in [6.07, 6.45) is 1.66. The van der Waals surface area contributed by atoms with E-state index in [1.165, 1.54) is 17.4 Å². The monoisotopic (exact) mass is 488 g/mol. The summed E-state index contributed by atoms with van der Waals surface area (Å²) in [4.78, 5) is 21.6. The van der Waals surface area contributed by atoms with Crippen LogP contribution in [0.25, 0.3) is 11.1 Å². The molecule has 6 nitrogen and oxygen atoms in total. The Labute approximate surface area is 196 Å². The molecule has 1 unspecified atom stereocenters. The largest absolute Gasteiger partial charge is 0.369 e. The van der Waals surface area contributed by atoms with Crippen molar-refractivity contribution in [2.75, 3.05) is 29.4 Å². The van der Waals surface area contributed by atoms with Gasteiger partial charge in [0.1, 0.15) is 26.8 Å². The minimum absolute atomic E-state index is 0.0338. The molecule has 0 aliphatic carbocycles. The maximum absolute atomic E-state index is 14.1. The normalized spacial score (nSPS) is 18.5. The van der Waals surface area contributed by atoms with Crippen LogP contribution in [0.5, 0.6) is 0 Å². The lowest BCUT2D eigenvalue weighted by Gasteiger charge is -2.53. The van der Waals surface area contributed by atoms with Crippen molar-refractivity contribution in [3.05, 3.63) is 59.8 Å². The first-order chi connectivity index (χ1) is 15.8. The highest BCUT2D eigenvalue weighted by atomic mass is 32.2. The lowest BCUT2D eigenvalue weighted by molar-refractivity contribution is -0.132. The summed E-state index contributed by atoms with van der Waals surface area (Å²) in [5.74, 6) is -0.925. The molecule has 0 radical (unpaired) electrons. The maximum Gasteiger partial charge on any atom is 0.238 e. The molecule has 2 aliphatic heterocycles. The van der Waals surface area contributed by atoms with Crippen LogP contribution < -0.4 is 14.9 Å². The molecule has 2 fully saturated rings. The molecule has 33 heavy (non-hydrogen) atoms. The Morgan fingerprint density at radius 2 is 1.88 bits per heavy atom. The molecule has 2 aromatic carbocycles. The fourth-order valence-corrected chi connectivity index (χ4v) is 6.37. The van der Waals surface area contributed by atoms with Gasteiger partial charge in [-0.15, -0.1) is 0 Å². The molecule has 0 saturated carbocycles. The van der Waals surface area contributed by atoms with Crippen LogP contribution >= 0.6 is 11.3 Å². The van der Waals surface area contributed by atoms with Gasteiger partial charge in [0.2, 0.25) is 5.91 Å². The topological polar surface area (TPSA) is 79.5 Å². The van der Waals surface area contributed by atoms with Crippen molar-refractivity contribution in [2.24, 2.45) is 10.6 Å². The molecule has 1 atom stereocenters. The zero-order valence-electron chi connectivity index (χ0n) is 17.9. The van der Waals surface area contributed by atoms with E-state index in [9.17, 15) is 17.8 Å². The number of rotatable bonds is 4. The van der Waals surface area contributed by atoms with Gasteiger partial charge in [-0.2, -0.15) is 0 Å². The van der Waals surface area contributed by atoms with Crippen molar-refractivity contribution >= 4 is 39.0 Å². The number of halogens is 2. The van der Waals surface area contributed by atoms with Crippen LogP contribution in [-0.2, 0) is 15.8 Å². The average molecular weight is 489 g/mol. The third kappa shape index (κ3) is 3.85. The standard InChI is InChI=1S/C23H22F2N4O2S2/c1-14-20(33(26)31)32-22(27-14)29-10-2-9-23(21(29)30)12-28(13-23)17-6-3-15(4-7-17)18-11-16(24)5-8-19(18)25/h3-8,11H,2,9-10,12-13,26H2,1H3. The van der Waals surface area contributed by atoms with Gasteiger partial charge < -0.3 is 4.90 Å². The van der Waals surface area contributed by atoms with Gasteiger partial charge in [-0.05, 0) is 55.7 Å². The number of benzene rings is 2. The van der Waals surface area contributed by atoms with E-state index in [1.807, 2.05) is 12.1 Å². The molecule has 3 aromatic rings. The van der Waals surface area contributed by atoms with Gasteiger partial charge in [0.05, 0.1) is 11.1 Å². The summed E-state index contributed by atoms with van der Waals surface area (Å²) < 4.78 is 39.8. The number of aryl methyl sites for hydroxylation is 1. The minimum Gasteiger partial charge on any atom is -0.369 e. The highest BCUT2D eigenvalue weighted by molar-refractivity contribution is 7.85. The summed E-state index contributed by atoms with van der Waals surface area (Å²) in [5, 5.41) is 6.07. The van der Waals surface area contributed by atoms with E-state index in [-0.39, 0.29) is 11.5 Å². The van der Waals surface area contributed by atoms with Gasteiger partial charge in [-0.3, -0.25) is 9.69 Å². The maximum atomic E-state index is 14.1. The van der Waals surface area contributed by atoms with Gasteiger partial charge in [0.25, 0.3) is 0 Å². The summed E-state index contributed by atoms with van der Waals surface area (Å²) in [5.41, 5.74) is 1.85.